The molecule has 0 spiro atoms. The van der Waals surface area contributed by atoms with Gasteiger partial charge in [0.1, 0.15) is 0 Å². The molecule has 3 atom stereocenters. The average molecular weight is 229 g/mol. The van der Waals surface area contributed by atoms with Crippen LogP contribution in [0.4, 0.5) is 0 Å². The highest BCUT2D eigenvalue weighted by molar-refractivity contribution is 7.85. The van der Waals surface area contributed by atoms with Gasteiger partial charge in [-0.1, -0.05) is 0 Å². The number of nitrogens with one attached hydrogen (secondary N) is 1. The Labute approximate surface area is 91.2 Å². The van der Waals surface area contributed by atoms with Crippen LogP contribution in [0.15, 0.2) is 12.1 Å². The Morgan fingerprint density at radius 2 is 2.29 bits per heavy atom. The Kier molecular flexibility index (Phi) is 3.04. The maximum atomic E-state index is 11.5. The minimum Gasteiger partial charge on any atom is -0.305 e. The van der Waals surface area contributed by atoms with Gasteiger partial charge in [-0.05, 0) is 26.0 Å². The van der Waals surface area contributed by atoms with E-state index >= 15 is 0 Å². The molecule has 2 heterocycles. The van der Waals surface area contributed by atoms with Crippen LogP contribution in [-0.4, -0.2) is 21.8 Å². The van der Waals surface area contributed by atoms with E-state index in [-0.39, 0.29) is 0 Å². The van der Waals surface area contributed by atoms with Crippen molar-refractivity contribution in [2.24, 2.45) is 0 Å². The standard InChI is InChI=1S/C10H15NOS2/c1-7-5-14(12)6-9(11-7)10-4-3-8(2)13-10/h3-4,7,9,11H,5-6H2,1-2H3. The lowest BCUT2D eigenvalue weighted by atomic mass is 10.2. The monoisotopic (exact) mass is 229 g/mol. The maximum absolute atomic E-state index is 11.5. The van der Waals surface area contributed by atoms with Gasteiger partial charge in [0.25, 0.3) is 0 Å². The zero-order valence-electron chi connectivity index (χ0n) is 8.45. The summed E-state index contributed by atoms with van der Waals surface area (Å²) in [4.78, 5) is 2.65. The Bertz CT molecular complexity index is 348. The molecule has 0 aromatic carbocycles. The normalized spacial score (nSPS) is 33.1. The first-order chi connectivity index (χ1) is 6.65. The molecule has 0 bridgehead atoms. The summed E-state index contributed by atoms with van der Waals surface area (Å²) in [5.41, 5.74) is 0. The van der Waals surface area contributed by atoms with Crippen molar-refractivity contribution in [1.82, 2.24) is 5.32 Å². The lowest BCUT2D eigenvalue weighted by molar-refractivity contribution is 0.495. The summed E-state index contributed by atoms with van der Waals surface area (Å²) in [6, 6.07) is 4.95. The van der Waals surface area contributed by atoms with Gasteiger partial charge < -0.3 is 5.32 Å². The molecule has 3 unspecified atom stereocenters. The van der Waals surface area contributed by atoms with Gasteiger partial charge in [0.15, 0.2) is 0 Å². The zero-order chi connectivity index (χ0) is 10.1. The van der Waals surface area contributed by atoms with E-state index in [0.717, 1.165) is 11.5 Å². The van der Waals surface area contributed by atoms with Gasteiger partial charge in [-0.3, -0.25) is 4.21 Å². The van der Waals surface area contributed by atoms with Gasteiger partial charge in [-0.15, -0.1) is 11.3 Å². The molecule has 1 saturated heterocycles. The summed E-state index contributed by atoms with van der Waals surface area (Å²) < 4.78 is 11.5. The molecule has 1 aromatic rings. The SMILES string of the molecule is Cc1ccc(C2CS(=O)CC(C)N2)s1. The average Bonchev–Trinajstić information content (AvgIpc) is 2.50. The minimum absolute atomic E-state index is 0.304. The number of thiophene rings is 1. The quantitative estimate of drug-likeness (QED) is 0.796. The zero-order valence-corrected chi connectivity index (χ0v) is 10.1. The van der Waals surface area contributed by atoms with Crippen molar-refractivity contribution < 1.29 is 4.21 Å². The highest BCUT2D eigenvalue weighted by Gasteiger charge is 2.24. The van der Waals surface area contributed by atoms with E-state index in [1.54, 1.807) is 11.3 Å². The second kappa shape index (κ2) is 4.13. The summed E-state index contributed by atoms with van der Waals surface area (Å²) in [5.74, 6) is 1.56. The third-order valence-corrected chi connectivity index (χ3v) is 5.07. The Hall–Kier alpha value is -0.190. The lowest BCUT2D eigenvalue weighted by Crippen LogP contribution is -2.42. The summed E-state index contributed by atoms with van der Waals surface area (Å²) in [5, 5.41) is 3.49. The van der Waals surface area contributed by atoms with Crippen molar-refractivity contribution in [2.45, 2.75) is 25.9 Å². The smallest absolute Gasteiger partial charge is 0.0534 e. The van der Waals surface area contributed by atoms with Crippen molar-refractivity contribution in [1.29, 1.82) is 0 Å². The Balaban J connectivity index is 2.14. The first-order valence-electron chi connectivity index (χ1n) is 4.82. The fourth-order valence-electron chi connectivity index (χ4n) is 1.78. The van der Waals surface area contributed by atoms with Gasteiger partial charge in [-0.25, -0.2) is 0 Å². The van der Waals surface area contributed by atoms with E-state index in [4.69, 9.17) is 0 Å². The molecule has 2 nitrogen and oxygen atoms in total. The van der Waals surface area contributed by atoms with Crippen molar-refractivity contribution in [3.8, 4) is 0 Å². The van der Waals surface area contributed by atoms with Gasteiger partial charge >= 0.3 is 0 Å². The molecule has 0 saturated carbocycles. The molecule has 2 rings (SSSR count). The molecule has 1 aromatic heterocycles. The van der Waals surface area contributed by atoms with Crippen LogP contribution in [-0.2, 0) is 10.8 Å². The largest absolute Gasteiger partial charge is 0.305 e. The number of aryl methyl sites for hydroxylation is 1. The van der Waals surface area contributed by atoms with E-state index < -0.39 is 10.8 Å². The highest BCUT2D eigenvalue weighted by Crippen LogP contribution is 2.25. The van der Waals surface area contributed by atoms with Crippen LogP contribution < -0.4 is 5.32 Å². The van der Waals surface area contributed by atoms with Gasteiger partial charge in [0.2, 0.25) is 0 Å². The van der Waals surface area contributed by atoms with Crippen LogP contribution in [0.5, 0.6) is 0 Å². The predicted molar refractivity (Wildman–Crippen MR) is 62.3 cm³/mol. The molecular weight excluding hydrogens is 214 g/mol. The molecule has 1 N–H and O–H groups in total. The third kappa shape index (κ3) is 2.24. The third-order valence-electron chi connectivity index (χ3n) is 2.38. The van der Waals surface area contributed by atoms with Gasteiger partial charge in [-0.2, -0.15) is 0 Å². The number of hydrogen-bond donors (Lipinski definition) is 1. The topological polar surface area (TPSA) is 29.1 Å². The van der Waals surface area contributed by atoms with E-state index in [2.05, 4.69) is 31.3 Å². The molecule has 0 aliphatic carbocycles. The van der Waals surface area contributed by atoms with E-state index in [9.17, 15) is 4.21 Å². The second-order valence-electron chi connectivity index (χ2n) is 3.84. The van der Waals surface area contributed by atoms with Crippen LogP contribution in [0.25, 0.3) is 0 Å². The first kappa shape index (κ1) is 10.3. The fourth-order valence-corrected chi connectivity index (χ4v) is 4.26. The van der Waals surface area contributed by atoms with E-state index in [1.807, 2.05) is 0 Å². The number of hydrogen-bond acceptors (Lipinski definition) is 3. The molecule has 0 amide bonds. The minimum atomic E-state index is -0.647. The molecule has 0 radical (unpaired) electrons. The summed E-state index contributed by atoms with van der Waals surface area (Å²) in [6.45, 7) is 4.21. The van der Waals surface area contributed by atoms with E-state index in [0.29, 0.717) is 12.1 Å². The first-order valence-corrected chi connectivity index (χ1v) is 7.13. The molecular formula is C10H15NOS2. The molecule has 1 aliphatic heterocycles. The van der Waals surface area contributed by atoms with Crippen LogP contribution in [0.3, 0.4) is 0 Å². The van der Waals surface area contributed by atoms with Gasteiger partial charge in [0.05, 0.1) is 6.04 Å². The van der Waals surface area contributed by atoms with Crippen molar-refractivity contribution >= 4 is 22.1 Å². The van der Waals surface area contributed by atoms with Crippen LogP contribution in [0.2, 0.25) is 0 Å². The summed E-state index contributed by atoms with van der Waals surface area (Å²) in [6.07, 6.45) is 0. The van der Waals surface area contributed by atoms with Crippen LogP contribution >= 0.6 is 11.3 Å². The van der Waals surface area contributed by atoms with Crippen LogP contribution in [0, 0.1) is 6.92 Å². The Morgan fingerprint density at radius 1 is 1.50 bits per heavy atom. The van der Waals surface area contributed by atoms with Crippen LogP contribution in [0.1, 0.15) is 22.7 Å². The molecule has 1 aliphatic rings. The lowest BCUT2D eigenvalue weighted by Gasteiger charge is -2.27. The Morgan fingerprint density at radius 3 is 2.86 bits per heavy atom. The van der Waals surface area contributed by atoms with Crippen molar-refractivity contribution in [3.63, 3.8) is 0 Å². The fraction of sp³-hybridized carbons (Fsp3) is 0.600. The maximum Gasteiger partial charge on any atom is 0.0534 e. The van der Waals surface area contributed by atoms with Gasteiger partial charge in [0, 0.05) is 38.1 Å². The molecule has 14 heavy (non-hydrogen) atoms. The highest BCUT2D eigenvalue weighted by atomic mass is 32.2. The van der Waals surface area contributed by atoms with Crippen molar-refractivity contribution in [2.75, 3.05) is 11.5 Å². The van der Waals surface area contributed by atoms with Crippen molar-refractivity contribution in [3.05, 3.63) is 21.9 Å². The van der Waals surface area contributed by atoms with E-state index in [1.165, 1.54) is 9.75 Å². The second-order valence-corrected chi connectivity index (χ2v) is 6.71. The molecule has 4 heteroatoms. The molecule has 78 valence electrons. The number of rotatable bonds is 1. The molecule has 1 fully saturated rings. The summed E-state index contributed by atoms with van der Waals surface area (Å²) >= 11 is 1.80. The predicted octanol–water partition coefficient (Wildman–Crippen LogP) is 1.84. The summed E-state index contributed by atoms with van der Waals surface area (Å²) in [7, 11) is -0.647.